The van der Waals surface area contributed by atoms with E-state index >= 15 is 0 Å². The van der Waals surface area contributed by atoms with Crippen molar-refractivity contribution in [1.29, 1.82) is 0 Å². The third-order valence-electron chi connectivity index (χ3n) is 6.82. The van der Waals surface area contributed by atoms with Crippen LogP contribution in [0.3, 0.4) is 0 Å². The fraction of sp³-hybridized carbons (Fsp3) is 0.917. The van der Waals surface area contributed by atoms with Crippen molar-refractivity contribution < 1.29 is 39.5 Å². The number of aliphatic hydroxyl groups excluding tert-OH is 4. The normalized spacial score (nSPS) is 29.4. The summed E-state index contributed by atoms with van der Waals surface area (Å²) in [5.74, 6) is -0.262. The maximum Gasteiger partial charge on any atom is 0.222 e. The summed E-state index contributed by atoms with van der Waals surface area (Å²) in [4.78, 5) is 26.0. The summed E-state index contributed by atoms with van der Waals surface area (Å²) in [5, 5.41) is 41.4. The van der Waals surface area contributed by atoms with Crippen molar-refractivity contribution in [3.05, 3.63) is 0 Å². The molecule has 34 heavy (non-hydrogen) atoms. The van der Waals surface area contributed by atoms with Crippen LogP contribution in [-0.2, 0) is 19.1 Å². The van der Waals surface area contributed by atoms with Gasteiger partial charge in [0.15, 0.2) is 6.29 Å². The molecule has 0 aromatic rings. The SMILES string of the molecule is C[C@@H]1C(OCCCCCC(=O)NCCCCCC(=O)N2CCC[C@H]2CO)OC(CO)[C@H](O)[C@@H]1O. The number of rotatable bonds is 15. The monoisotopic (exact) mass is 488 g/mol. The highest BCUT2D eigenvalue weighted by molar-refractivity contribution is 5.77. The van der Waals surface area contributed by atoms with E-state index in [-0.39, 0.29) is 31.1 Å². The Morgan fingerprint density at radius 1 is 1.00 bits per heavy atom. The largest absolute Gasteiger partial charge is 0.394 e. The topological polar surface area (TPSA) is 149 Å². The van der Waals surface area contributed by atoms with E-state index in [2.05, 4.69) is 5.32 Å². The summed E-state index contributed by atoms with van der Waals surface area (Å²) >= 11 is 0. The smallest absolute Gasteiger partial charge is 0.222 e. The molecule has 0 aromatic heterocycles. The lowest BCUT2D eigenvalue weighted by Crippen LogP contribution is -2.55. The van der Waals surface area contributed by atoms with Gasteiger partial charge in [-0.2, -0.15) is 0 Å². The van der Waals surface area contributed by atoms with Crippen LogP contribution in [0.5, 0.6) is 0 Å². The Morgan fingerprint density at radius 3 is 2.47 bits per heavy atom. The number of nitrogens with one attached hydrogen (secondary N) is 1. The van der Waals surface area contributed by atoms with Gasteiger partial charge in [0.1, 0.15) is 12.2 Å². The highest BCUT2D eigenvalue weighted by atomic mass is 16.7. The van der Waals surface area contributed by atoms with Crippen molar-refractivity contribution in [2.45, 2.75) is 102 Å². The number of hydrogen-bond acceptors (Lipinski definition) is 8. The van der Waals surface area contributed by atoms with Crippen molar-refractivity contribution >= 4 is 11.8 Å². The molecule has 0 bridgehead atoms. The molecule has 0 radical (unpaired) electrons. The second kappa shape index (κ2) is 15.6. The molecular weight excluding hydrogens is 444 g/mol. The summed E-state index contributed by atoms with van der Waals surface area (Å²) in [5.41, 5.74) is 0. The molecule has 2 aliphatic heterocycles. The summed E-state index contributed by atoms with van der Waals surface area (Å²) in [7, 11) is 0. The Bertz CT molecular complexity index is 606. The fourth-order valence-electron chi connectivity index (χ4n) is 4.57. The molecule has 2 saturated heterocycles. The maximum atomic E-state index is 12.2. The Balaban J connectivity index is 1.44. The zero-order valence-electron chi connectivity index (χ0n) is 20.4. The van der Waals surface area contributed by atoms with Crippen molar-refractivity contribution in [2.24, 2.45) is 5.92 Å². The van der Waals surface area contributed by atoms with Gasteiger partial charge >= 0.3 is 0 Å². The molecule has 10 nitrogen and oxygen atoms in total. The Kier molecular flexibility index (Phi) is 13.3. The summed E-state index contributed by atoms with van der Waals surface area (Å²) in [6, 6.07) is -0.0111. The number of carbonyl (C=O) groups excluding carboxylic acids is 2. The van der Waals surface area contributed by atoms with Gasteiger partial charge in [0.25, 0.3) is 0 Å². The highest BCUT2D eigenvalue weighted by Gasteiger charge is 2.42. The lowest BCUT2D eigenvalue weighted by molar-refractivity contribution is -0.282. The van der Waals surface area contributed by atoms with Crippen LogP contribution in [0.1, 0.15) is 71.1 Å². The number of nitrogens with zero attached hydrogens (tertiary/aromatic N) is 1. The van der Waals surface area contributed by atoms with E-state index in [1.165, 1.54) is 0 Å². The maximum absolute atomic E-state index is 12.2. The van der Waals surface area contributed by atoms with E-state index < -0.39 is 30.5 Å². The van der Waals surface area contributed by atoms with Gasteiger partial charge in [0, 0.05) is 38.5 Å². The molecule has 2 fully saturated rings. The fourth-order valence-corrected chi connectivity index (χ4v) is 4.57. The summed E-state index contributed by atoms with van der Waals surface area (Å²) < 4.78 is 11.2. The third-order valence-corrected chi connectivity index (χ3v) is 6.82. The molecule has 2 heterocycles. The minimum absolute atomic E-state index is 0.0111. The second-order valence-corrected chi connectivity index (χ2v) is 9.47. The summed E-state index contributed by atoms with van der Waals surface area (Å²) in [6.45, 7) is 3.15. The lowest BCUT2D eigenvalue weighted by Gasteiger charge is -2.40. The number of carbonyl (C=O) groups is 2. The molecule has 10 heteroatoms. The number of ether oxygens (including phenoxy) is 2. The van der Waals surface area contributed by atoms with Crippen LogP contribution < -0.4 is 5.32 Å². The van der Waals surface area contributed by atoms with Gasteiger partial charge in [-0.1, -0.05) is 19.8 Å². The predicted octanol–water partition coefficient (Wildman–Crippen LogP) is 0.298. The average Bonchev–Trinajstić information content (AvgIpc) is 3.32. The zero-order chi connectivity index (χ0) is 24.9. The van der Waals surface area contributed by atoms with Crippen LogP contribution in [0.2, 0.25) is 0 Å². The Morgan fingerprint density at radius 2 is 1.74 bits per heavy atom. The van der Waals surface area contributed by atoms with E-state index in [1.54, 1.807) is 11.8 Å². The van der Waals surface area contributed by atoms with Gasteiger partial charge in [0.2, 0.25) is 11.8 Å². The van der Waals surface area contributed by atoms with Crippen LogP contribution in [0.15, 0.2) is 0 Å². The van der Waals surface area contributed by atoms with Crippen LogP contribution in [0, 0.1) is 5.92 Å². The molecular formula is C24H44N2O8. The molecule has 2 unspecified atom stereocenters. The Hall–Kier alpha value is -1.30. The van der Waals surface area contributed by atoms with E-state index in [1.807, 2.05) is 0 Å². The molecule has 0 aliphatic carbocycles. The molecule has 0 aromatic carbocycles. The number of hydrogen-bond donors (Lipinski definition) is 5. The average molecular weight is 489 g/mol. The molecule has 5 N–H and O–H groups in total. The lowest BCUT2D eigenvalue weighted by atomic mass is 9.92. The van der Waals surface area contributed by atoms with Crippen LogP contribution in [-0.4, -0.2) is 101 Å². The van der Waals surface area contributed by atoms with Gasteiger partial charge in [-0.05, 0) is 38.5 Å². The van der Waals surface area contributed by atoms with Gasteiger partial charge in [-0.25, -0.2) is 0 Å². The van der Waals surface area contributed by atoms with E-state index in [0.717, 1.165) is 57.9 Å². The van der Waals surface area contributed by atoms with Crippen molar-refractivity contribution in [3.8, 4) is 0 Å². The van der Waals surface area contributed by atoms with E-state index in [9.17, 15) is 30.0 Å². The van der Waals surface area contributed by atoms with Gasteiger partial charge in [-0.3, -0.25) is 9.59 Å². The van der Waals surface area contributed by atoms with Gasteiger partial charge in [-0.15, -0.1) is 0 Å². The van der Waals surface area contributed by atoms with Crippen molar-refractivity contribution in [3.63, 3.8) is 0 Å². The molecule has 0 spiro atoms. The second-order valence-electron chi connectivity index (χ2n) is 9.47. The predicted molar refractivity (Wildman–Crippen MR) is 125 cm³/mol. The summed E-state index contributed by atoms with van der Waals surface area (Å²) in [6.07, 6.45) is 3.93. The number of unbranched alkanes of at least 4 members (excludes halogenated alkanes) is 4. The van der Waals surface area contributed by atoms with E-state index in [4.69, 9.17) is 9.47 Å². The highest BCUT2D eigenvalue weighted by Crippen LogP contribution is 2.26. The number of amides is 2. The molecule has 2 amide bonds. The number of aliphatic hydroxyl groups is 4. The molecule has 0 saturated carbocycles. The Labute approximate surface area is 202 Å². The first kappa shape index (κ1) is 28.9. The van der Waals surface area contributed by atoms with Crippen LogP contribution in [0.25, 0.3) is 0 Å². The quantitative estimate of drug-likeness (QED) is 0.207. The first-order valence-corrected chi connectivity index (χ1v) is 12.8. The van der Waals surface area contributed by atoms with Crippen molar-refractivity contribution in [1.82, 2.24) is 10.2 Å². The molecule has 2 rings (SSSR count). The van der Waals surface area contributed by atoms with Crippen LogP contribution >= 0.6 is 0 Å². The standard InChI is InChI=1S/C24H44N2O8/c1-17-22(31)23(32)19(16-28)34-24(17)33-14-7-3-4-10-20(29)25-12-6-2-5-11-21(30)26-13-8-9-18(26)15-27/h17-19,22-24,27-28,31-32H,2-16H2,1H3,(H,25,29)/t17-,18-,19?,22+,23-,24?/m0/s1. The third kappa shape index (κ3) is 9.05. The number of likely N-dealkylation sites (tertiary alicyclic amines) is 1. The van der Waals surface area contributed by atoms with Gasteiger partial charge in [0.05, 0.1) is 25.4 Å². The minimum Gasteiger partial charge on any atom is -0.394 e. The molecule has 2 aliphatic rings. The molecule has 198 valence electrons. The minimum atomic E-state index is -1.13. The first-order valence-electron chi connectivity index (χ1n) is 12.8. The van der Waals surface area contributed by atoms with Crippen LogP contribution in [0.4, 0.5) is 0 Å². The molecule has 6 atom stereocenters. The first-order chi connectivity index (χ1) is 16.4. The van der Waals surface area contributed by atoms with Crippen molar-refractivity contribution in [2.75, 3.05) is 32.9 Å². The van der Waals surface area contributed by atoms with E-state index in [0.29, 0.717) is 26.0 Å². The van der Waals surface area contributed by atoms with Gasteiger partial charge < -0.3 is 40.1 Å². The zero-order valence-corrected chi connectivity index (χ0v) is 20.4.